The Morgan fingerprint density at radius 1 is 1.00 bits per heavy atom. The summed E-state index contributed by atoms with van der Waals surface area (Å²) in [5.41, 5.74) is 1.97. The first kappa shape index (κ1) is 21.7. The standard InChI is InChI=1S/C28H19NO7/c1-34-17-7-4-15-10-20(28(33)29-22(15)11-17)19-12-24(31)36-23-9-8-18-26(32)21(13-35-27(18)25(19)23)14-2-5-16(30)6-3-14/h2-11,13,19,30H,12H2,1H3,(H,29,33). The minimum Gasteiger partial charge on any atom is -0.508 e. The number of H-pyrrole nitrogens is 1. The third-order valence-electron chi connectivity index (χ3n) is 6.52. The summed E-state index contributed by atoms with van der Waals surface area (Å²) in [5, 5.41) is 10.6. The number of carbonyl (C=O) groups excluding carboxylic acids is 1. The Balaban J connectivity index is 1.56. The summed E-state index contributed by atoms with van der Waals surface area (Å²) in [6, 6.07) is 16.4. The van der Waals surface area contributed by atoms with Crippen molar-refractivity contribution in [3.8, 4) is 28.4 Å². The monoisotopic (exact) mass is 481 g/mol. The number of phenolic OH excluding ortho intramolecular Hbond substituents is 1. The summed E-state index contributed by atoms with van der Waals surface area (Å²) in [6.07, 6.45) is 1.27. The highest BCUT2D eigenvalue weighted by Crippen LogP contribution is 2.42. The van der Waals surface area contributed by atoms with E-state index in [9.17, 15) is 19.5 Å². The molecule has 0 amide bonds. The number of aromatic amines is 1. The van der Waals surface area contributed by atoms with Crippen LogP contribution in [0.15, 0.2) is 80.9 Å². The number of carbonyl (C=O) groups is 1. The van der Waals surface area contributed by atoms with E-state index in [0.717, 1.165) is 5.39 Å². The van der Waals surface area contributed by atoms with Gasteiger partial charge >= 0.3 is 5.97 Å². The molecule has 178 valence electrons. The highest BCUT2D eigenvalue weighted by atomic mass is 16.5. The molecule has 8 nitrogen and oxygen atoms in total. The second-order valence-corrected chi connectivity index (χ2v) is 8.62. The number of nitrogens with one attached hydrogen (secondary N) is 1. The first-order valence-corrected chi connectivity index (χ1v) is 11.2. The maximum absolute atomic E-state index is 13.4. The van der Waals surface area contributed by atoms with Gasteiger partial charge in [0.1, 0.15) is 29.1 Å². The van der Waals surface area contributed by atoms with Crippen LogP contribution in [-0.4, -0.2) is 23.2 Å². The fourth-order valence-corrected chi connectivity index (χ4v) is 4.74. The van der Waals surface area contributed by atoms with E-state index in [0.29, 0.717) is 38.9 Å². The van der Waals surface area contributed by atoms with Crippen LogP contribution in [0.2, 0.25) is 0 Å². The minimum absolute atomic E-state index is 0.0831. The zero-order chi connectivity index (χ0) is 25.0. The van der Waals surface area contributed by atoms with Gasteiger partial charge in [0, 0.05) is 23.1 Å². The quantitative estimate of drug-likeness (QED) is 0.289. The number of aromatic nitrogens is 1. The van der Waals surface area contributed by atoms with Crippen LogP contribution < -0.4 is 20.5 Å². The fraction of sp³-hybridized carbons (Fsp3) is 0.107. The summed E-state index contributed by atoms with van der Waals surface area (Å²) < 4.78 is 16.7. The van der Waals surface area contributed by atoms with E-state index in [-0.39, 0.29) is 34.5 Å². The number of fused-ring (bicyclic) bond motifs is 4. The van der Waals surface area contributed by atoms with Gasteiger partial charge in [-0.05, 0) is 53.4 Å². The van der Waals surface area contributed by atoms with Crippen molar-refractivity contribution in [1.29, 1.82) is 0 Å². The minimum atomic E-state index is -0.678. The number of ether oxygens (including phenoxy) is 2. The predicted molar refractivity (Wildman–Crippen MR) is 133 cm³/mol. The van der Waals surface area contributed by atoms with Crippen molar-refractivity contribution in [2.24, 2.45) is 0 Å². The van der Waals surface area contributed by atoms with Gasteiger partial charge in [-0.25, -0.2) is 0 Å². The Bertz CT molecular complexity index is 1800. The fourth-order valence-electron chi connectivity index (χ4n) is 4.74. The molecule has 6 rings (SSSR count). The molecule has 8 heteroatoms. The molecular weight excluding hydrogens is 462 g/mol. The molecule has 0 fully saturated rings. The average molecular weight is 481 g/mol. The summed E-state index contributed by atoms with van der Waals surface area (Å²) in [7, 11) is 1.55. The van der Waals surface area contributed by atoms with Crippen molar-refractivity contribution in [3.63, 3.8) is 0 Å². The summed E-state index contributed by atoms with van der Waals surface area (Å²) in [5.74, 6) is -0.220. The lowest BCUT2D eigenvalue weighted by Crippen LogP contribution is -2.26. The predicted octanol–water partition coefficient (Wildman–Crippen LogP) is 4.46. The van der Waals surface area contributed by atoms with Crippen molar-refractivity contribution in [1.82, 2.24) is 4.98 Å². The number of hydrogen-bond donors (Lipinski definition) is 2. The topological polar surface area (TPSA) is 119 Å². The number of aromatic hydroxyl groups is 1. The molecule has 5 aromatic rings. The number of hydrogen-bond acceptors (Lipinski definition) is 7. The highest BCUT2D eigenvalue weighted by molar-refractivity contribution is 5.90. The summed E-state index contributed by atoms with van der Waals surface area (Å²) in [4.78, 5) is 41.9. The van der Waals surface area contributed by atoms with Gasteiger partial charge in [0.15, 0.2) is 0 Å². The van der Waals surface area contributed by atoms with Crippen molar-refractivity contribution >= 4 is 27.8 Å². The largest absolute Gasteiger partial charge is 0.508 e. The van der Waals surface area contributed by atoms with Gasteiger partial charge in [0.05, 0.1) is 30.0 Å². The van der Waals surface area contributed by atoms with Gasteiger partial charge in [-0.2, -0.15) is 0 Å². The number of methoxy groups -OCH3 is 1. The highest BCUT2D eigenvalue weighted by Gasteiger charge is 2.33. The van der Waals surface area contributed by atoms with E-state index in [1.165, 1.54) is 18.4 Å². The Hall–Kier alpha value is -4.85. The SMILES string of the molecule is COc1ccc2cc(C3CC(=O)Oc4ccc5c(=O)c(-c6ccc(O)cc6)coc5c43)c(=O)[nH]c2c1. The molecule has 1 aliphatic heterocycles. The normalized spacial score (nSPS) is 15.0. The first-order chi connectivity index (χ1) is 17.4. The van der Waals surface area contributed by atoms with Crippen LogP contribution in [0.3, 0.4) is 0 Å². The van der Waals surface area contributed by atoms with E-state index in [4.69, 9.17) is 13.9 Å². The number of pyridine rings is 1. The zero-order valence-corrected chi connectivity index (χ0v) is 19.0. The molecule has 0 radical (unpaired) electrons. The van der Waals surface area contributed by atoms with Gasteiger partial charge in [-0.1, -0.05) is 12.1 Å². The molecule has 0 bridgehead atoms. The molecule has 2 N–H and O–H groups in total. The maximum atomic E-state index is 13.4. The zero-order valence-electron chi connectivity index (χ0n) is 19.0. The van der Waals surface area contributed by atoms with Crippen LogP contribution in [0.25, 0.3) is 33.0 Å². The van der Waals surface area contributed by atoms with E-state index in [2.05, 4.69) is 4.98 Å². The van der Waals surface area contributed by atoms with Gasteiger partial charge in [-0.3, -0.25) is 14.4 Å². The van der Waals surface area contributed by atoms with Crippen LogP contribution in [0.5, 0.6) is 17.2 Å². The van der Waals surface area contributed by atoms with E-state index >= 15 is 0 Å². The third kappa shape index (κ3) is 3.42. The molecule has 3 heterocycles. The molecular formula is C28H19NO7. The number of esters is 1. The van der Waals surface area contributed by atoms with E-state index in [1.807, 2.05) is 6.07 Å². The second kappa shape index (κ2) is 8.13. The van der Waals surface area contributed by atoms with Gasteiger partial charge < -0.3 is 24.0 Å². The molecule has 36 heavy (non-hydrogen) atoms. The van der Waals surface area contributed by atoms with Crippen molar-refractivity contribution < 1.29 is 23.8 Å². The number of benzene rings is 3. The molecule has 1 aliphatic rings. The summed E-state index contributed by atoms with van der Waals surface area (Å²) >= 11 is 0. The van der Waals surface area contributed by atoms with Crippen molar-refractivity contribution in [3.05, 3.63) is 98.6 Å². The number of phenols is 1. The Morgan fingerprint density at radius 2 is 1.81 bits per heavy atom. The lowest BCUT2D eigenvalue weighted by molar-refractivity contribution is -0.135. The molecule has 3 aromatic carbocycles. The second-order valence-electron chi connectivity index (χ2n) is 8.62. The van der Waals surface area contributed by atoms with Crippen LogP contribution in [0.1, 0.15) is 23.5 Å². The molecule has 0 aliphatic carbocycles. The number of rotatable bonds is 3. The lowest BCUT2D eigenvalue weighted by atomic mass is 9.85. The van der Waals surface area contributed by atoms with Crippen molar-refractivity contribution in [2.75, 3.05) is 7.11 Å². The first-order valence-electron chi connectivity index (χ1n) is 11.2. The van der Waals surface area contributed by atoms with Gasteiger partial charge in [-0.15, -0.1) is 0 Å². The Kier molecular flexibility index (Phi) is 4.89. The molecule has 2 aromatic heterocycles. The van der Waals surface area contributed by atoms with E-state index in [1.54, 1.807) is 49.6 Å². The van der Waals surface area contributed by atoms with Crippen LogP contribution in [0, 0.1) is 0 Å². The molecule has 1 unspecified atom stereocenters. The van der Waals surface area contributed by atoms with E-state index < -0.39 is 11.9 Å². The van der Waals surface area contributed by atoms with Crippen molar-refractivity contribution in [2.45, 2.75) is 12.3 Å². The molecule has 0 saturated heterocycles. The smallest absolute Gasteiger partial charge is 0.312 e. The molecule has 1 atom stereocenters. The van der Waals surface area contributed by atoms with Gasteiger partial charge in [0.25, 0.3) is 5.56 Å². The summed E-state index contributed by atoms with van der Waals surface area (Å²) in [6.45, 7) is 0. The van der Waals surface area contributed by atoms with Crippen LogP contribution in [0.4, 0.5) is 0 Å². The molecule has 0 saturated carbocycles. The van der Waals surface area contributed by atoms with Gasteiger partial charge in [0.2, 0.25) is 5.43 Å². The lowest BCUT2D eigenvalue weighted by Gasteiger charge is -2.25. The average Bonchev–Trinajstić information content (AvgIpc) is 2.88. The third-order valence-corrected chi connectivity index (χ3v) is 6.52. The Labute approximate surface area is 203 Å². The van der Waals surface area contributed by atoms with Crippen LogP contribution >= 0.6 is 0 Å². The Morgan fingerprint density at radius 3 is 2.58 bits per heavy atom. The molecule has 0 spiro atoms. The maximum Gasteiger partial charge on any atom is 0.312 e. The van der Waals surface area contributed by atoms with Crippen LogP contribution in [-0.2, 0) is 4.79 Å².